The highest BCUT2D eigenvalue weighted by atomic mass is 32.2. The Bertz CT molecular complexity index is 932. The van der Waals surface area contributed by atoms with Gasteiger partial charge in [-0.3, -0.25) is 0 Å². The molecule has 0 aliphatic heterocycles. The lowest BCUT2D eigenvalue weighted by molar-refractivity contribution is 1.08. The number of nitrogens with one attached hydrogen (secondary N) is 1. The summed E-state index contributed by atoms with van der Waals surface area (Å²) in [6.45, 7) is 0. The Morgan fingerprint density at radius 3 is 2.82 bits per heavy atom. The van der Waals surface area contributed by atoms with E-state index in [1.807, 2.05) is 0 Å². The fourth-order valence-corrected chi connectivity index (χ4v) is 3.46. The molecule has 2 heterocycles. The fraction of sp³-hybridized carbons (Fsp3) is 0.118. The zero-order chi connectivity index (χ0) is 14.8. The van der Waals surface area contributed by atoms with Gasteiger partial charge in [0.2, 0.25) is 0 Å². The summed E-state index contributed by atoms with van der Waals surface area (Å²) in [6.07, 6.45) is 4.24. The van der Waals surface area contributed by atoms with Crippen molar-refractivity contribution in [1.29, 1.82) is 0 Å². The maximum absolute atomic E-state index is 4.34. The molecule has 1 N–H and O–H groups in total. The summed E-state index contributed by atoms with van der Waals surface area (Å²) in [7, 11) is 0. The van der Waals surface area contributed by atoms with E-state index in [2.05, 4.69) is 62.4 Å². The number of aryl methyl sites for hydroxylation is 1. The third-order valence-electron chi connectivity index (χ3n) is 3.63. The van der Waals surface area contributed by atoms with Gasteiger partial charge in [0.15, 0.2) is 5.65 Å². The predicted molar refractivity (Wildman–Crippen MR) is 90.1 cm³/mol. The van der Waals surface area contributed by atoms with Gasteiger partial charge in [0.25, 0.3) is 0 Å². The molecule has 4 rings (SSSR count). The van der Waals surface area contributed by atoms with E-state index in [1.165, 1.54) is 16.3 Å². The lowest BCUT2D eigenvalue weighted by Crippen LogP contribution is -1.91. The molecule has 4 nitrogen and oxygen atoms in total. The van der Waals surface area contributed by atoms with Crippen molar-refractivity contribution >= 4 is 33.7 Å². The molecule has 0 spiro atoms. The fourth-order valence-electron chi connectivity index (χ4n) is 2.51. The van der Waals surface area contributed by atoms with Crippen LogP contribution in [0.25, 0.3) is 21.9 Å². The third kappa shape index (κ3) is 2.55. The van der Waals surface area contributed by atoms with Crippen LogP contribution in [0.5, 0.6) is 0 Å². The number of aromatic nitrogens is 4. The Kier molecular flexibility index (Phi) is 3.48. The number of imidazole rings is 1. The minimum absolute atomic E-state index is 0.725. The molecule has 0 aliphatic rings. The number of hydrogen-bond acceptors (Lipinski definition) is 4. The number of nitrogens with zero attached hydrogens (tertiary/aromatic N) is 3. The average molecular weight is 306 g/mol. The second kappa shape index (κ2) is 5.77. The summed E-state index contributed by atoms with van der Waals surface area (Å²) in [4.78, 5) is 15.7. The minimum Gasteiger partial charge on any atom is -0.341 e. The van der Waals surface area contributed by atoms with Gasteiger partial charge in [0.1, 0.15) is 16.9 Å². The van der Waals surface area contributed by atoms with Crippen LogP contribution in [0.2, 0.25) is 0 Å². The Labute approximate surface area is 132 Å². The van der Waals surface area contributed by atoms with Gasteiger partial charge in [-0.05, 0) is 22.8 Å². The molecule has 0 bridgehead atoms. The highest BCUT2D eigenvalue weighted by Crippen LogP contribution is 2.23. The first-order chi connectivity index (χ1) is 10.9. The molecule has 0 amide bonds. The van der Waals surface area contributed by atoms with Gasteiger partial charge >= 0.3 is 0 Å². The lowest BCUT2D eigenvalue weighted by atomic mass is 10.1. The Balaban J connectivity index is 1.49. The van der Waals surface area contributed by atoms with Crippen LogP contribution in [-0.4, -0.2) is 25.7 Å². The maximum Gasteiger partial charge on any atom is 0.181 e. The molecule has 0 fully saturated rings. The van der Waals surface area contributed by atoms with Crippen molar-refractivity contribution in [3.8, 4) is 0 Å². The molecule has 0 unspecified atom stereocenters. The second-order valence-corrected chi connectivity index (χ2v) is 6.14. The third-order valence-corrected chi connectivity index (χ3v) is 4.62. The summed E-state index contributed by atoms with van der Waals surface area (Å²) < 4.78 is 0. The molecule has 22 heavy (non-hydrogen) atoms. The van der Waals surface area contributed by atoms with Crippen molar-refractivity contribution in [3.63, 3.8) is 0 Å². The highest BCUT2D eigenvalue weighted by Gasteiger charge is 2.06. The van der Waals surface area contributed by atoms with Crippen LogP contribution >= 0.6 is 11.8 Å². The molecule has 0 saturated carbocycles. The zero-order valence-corrected chi connectivity index (χ0v) is 12.7. The van der Waals surface area contributed by atoms with Crippen LogP contribution in [0.15, 0.2) is 60.1 Å². The van der Waals surface area contributed by atoms with Crippen molar-refractivity contribution in [2.75, 3.05) is 5.75 Å². The SMILES string of the molecule is c1ccc2cc(CCSc3ncnc4nc[nH]c34)ccc2c1. The van der Waals surface area contributed by atoms with E-state index in [0.717, 1.165) is 28.4 Å². The van der Waals surface area contributed by atoms with Gasteiger partial charge in [-0.2, -0.15) is 0 Å². The van der Waals surface area contributed by atoms with E-state index < -0.39 is 0 Å². The Morgan fingerprint density at radius 2 is 1.86 bits per heavy atom. The minimum atomic E-state index is 0.725. The smallest absolute Gasteiger partial charge is 0.181 e. The predicted octanol–water partition coefficient (Wildman–Crippen LogP) is 3.84. The standard InChI is InChI=1S/C17H14N4S/c1-2-4-14-9-12(5-6-13(14)3-1)7-8-22-17-15-16(19-10-18-15)20-11-21-17/h1-6,9-11H,7-8H2,(H,18,19,20,21). The number of H-pyrrole nitrogens is 1. The Hall–Kier alpha value is -2.40. The van der Waals surface area contributed by atoms with Crippen molar-refractivity contribution < 1.29 is 0 Å². The van der Waals surface area contributed by atoms with Crippen LogP contribution in [0, 0.1) is 0 Å². The van der Waals surface area contributed by atoms with Crippen molar-refractivity contribution in [1.82, 2.24) is 19.9 Å². The van der Waals surface area contributed by atoms with Gasteiger partial charge in [-0.1, -0.05) is 42.5 Å². The zero-order valence-electron chi connectivity index (χ0n) is 11.9. The van der Waals surface area contributed by atoms with Gasteiger partial charge in [0, 0.05) is 5.75 Å². The van der Waals surface area contributed by atoms with E-state index in [1.54, 1.807) is 24.4 Å². The van der Waals surface area contributed by atoms with Crippen LogP contribution in [0.1, 0.15) is 5.56 Å². The summed E-state index contributed by atoms with van der Waals surface area (Å²) in [5.41, 5.74) is 3.00. The van der Waals surface area contributed by atoms with E-state index in [-0.39, 0.29) is 0 Å². The van der Waals surface area contributed by atoms with E-state index >= 15 is 0 Å². The number of benzene rings is 2. The monoisotopic (exact) mass is 306 g/mol. The Morgan fingerprint density at radius 1 is 0.955 bits per heavy atom. The first kappa shape index (κ1) is 13.3. The van der Waals surface area contributed by atoms with Crippen molar-refractivity contribution in [3.05, 3.63) is 60.7 Å². The number of rotatable bonds is 4. The van der Waals surface area contributed by atoms with E-state index in [0.29, 0.717) is 0 Å². The van der Waals surface area contributed by atoms with Crippen LogP contribution in [-0.2, 0) is 6.42 Å². The molecular formula is C17H14N4S. The van der Waals surface area contributed by atoms with Gasteiger partial charge in [-0.15, -0.1) is 11.8 Å². The summed E-state index contributed by atoms with van der Waals surface area (Å²) in [5, 5.41) is 3.54. The normalized spacial score (nSPS) is 11.3. The van der Waals surface area contributed by atoms with Crippen molar-refractivity contribution in [2.45, 2.75) is 11.4 Å². The molecular weight excluding hydrogens is 292 g/mol. The van der Waals surface area contributed by atoms with Crippen LogP contribution in [0.3, 0.4) is 0 Å². The van der Waals surface area contributed by atoms with E-state index in [9.17, 15) is 0 Å². The number of thioether (sulfide) groups is 1. The van der Waals surface area contributed by atoms with Gasteiger partial charge in [-0.25, -0.2) is 15.0 Å². The molecule has 0 atom stereocenters. The second-order valence-electron chi connectivity index (χ2n) is 5.06. The summed E-state index contributed by atoms with van der Waals surface area (Å²) in [6, 6.07) is 15.1. The van der Waals surface area contributed by atoms with E-state index in [4.69, 9.17) is 0 Å². The number of aromatic amines is 1. The average Bonchev–Trinajstić information content (AvgIpc) is 3.04. The molecule has 0 radical (unpaired) electrons. The van der Waals surface area contributed by atoms with Crippen LogP contribution < -0.4 is 0 Å². The topological polar surface area (TPSA) is 54.5 Å². The van der Waals surface area contributed by atoms with Crippen molar-refractivity contribution in [2.24, 2.45) is 0 Å². The van der Waals surface area contributed by atoms with Crippen LogP contribution in [0.4, 0.5) is 0 Å². The van der Waals surface area contributed by atoms with Gasteiger partial charge in [0.05, 0.1) is 6.33 Å². The molecule has 2 aromatic carbocycles. The number of fused-ring (bicyclic) bond motifs is 2. The van der Waals surface area contributed by atoms with Gasteiger partial charge < -0.3 is 4.98 Å². The number of hydrogen-bond donors (Lipinski definition) is 1. The largest absolute Gasteiger partial charge is 0.341 e. The molecule has 0 saturated heterocycles. The summed E-state index contributed by atoms with van der Waals surface area (Å²) in [5.74, 6) is 0.976. The maximum atomic E-state index is 4.34. The molecule has 2 aromatic heterocycles. The summed E-state index contributed by atoms with van der Waals surface area (Å²) >= 11 is 1.73. The highest BCUT2D eigenvalue weighted by molar-refractivity contribution is 7.99. The first-order valence-electron chi connectivity index (χ1n) is 7.15. The molecule has 0 aliphatic carbocycles. The molecule has 108 valence electrons. The molecule has 4 aromatic rings. The first-order valence-corrected chi connectivity index (χ1v) is 8.13. The quantitative estimate of drug-likeness (QED) is 0.460. The molecule has 5 heteroatoms. The lowest BCUT2D eigenvalue weighted by Gasteiger charge is -2.04.